The van der Waals surface area contributed by atoms with Gasteiger partial charge in [-0.1, -0.05) is 44.0 Å². The fraction of sp³-hybridized carbons (Fsp3) is 0.333. The van der Waals surface area contributed by atoms with Crippen LogP contribution in [0.15, 0.2) is 23.6 Å². The Labute approximate surface area is 151 Å². The predicted molar refractivity (Wildman–Crippen MR) is 99.8 cm³/mol. The third-order valence-corrected chi connectivity index (χ3v) is 4.12. The van der Waals surface area contributed by atoms with Crippen molar-refractivity contribution >= 4 is 23.6 Å². The summed E-state index contributed by atoms with van der Waals surface area (Å²) in [4.78, 5) is 28.9. The van der Waals surface area contributed by atoms with Crippen LogP contribution < -0.4 is 10.9 Å². The maximum atomic E-state index is 12.4. The van der Waals surface area contributed by atoms with Gasteiger partial charge in [0, 0.05) is 23.4 Å². The molecule has 2 rings (SSSR count). The van der Waals surface area contributed by atoms with E-state index in [0.29, 0.717) is 23.4 Å². The summed E-state index contributed by atoms with van der Waals surface area (Å²) >= 11 is 6.16. The van der Waals surface area contributed by atoms with E-state index in [1.54, 1.807) is 19.1 Å². The van der Waals surface area contributed by atoms with Crippen LogP contribution in [0.2, 0.25) is 5.02 Å². The van der Waals surface area contributed by atoms with Crippen LogP contribution in [0.4, 0.5) is 0 Å². The lowest BCUT2D eigenvalue weighted by Crippen LogP contribution is -2.26. The van der Waals surface area contributed by atoms with Gasteiger partial charge in [0.2, 0.25) is 0 Å². The van der Waals surface area contributed by atoms with E-state index in [4.69, 9.17) is 11.6 Å². The number of halogens is 1. The number of pyridine rings is 1. The Hall–Kier alpha value is -2.47. The smallest absolute Gasteiger partial charge is 0.273 e. The second kappa shape index (κ2) is 8.58. The summed E-state index contributed by atoms with van der Waals surface area (Å²) in [5.41, 5.74) is 1.81. The molecule has 25 heavy (non-hydrogen) atoms. The quantitative estimate of drug-likeness (QED) is 0.741. The molecule has 0 bridgehead atoms. The molecule has 7 heteroatoms. The maximum Gasteiger partial charge on any atom is 0.273 e. The molecule has 0 aliphatic rings. The topological polar surface area (TPSA) is 87.7 Å². The van der Waals surface area contributed by atoms with Crippen LogP contribution in [0.3, 0.4) is 0 Å². The highest BCUT2D eigenvalue weighted by atomic mass is 35.5. The highest BCUT2D eigenvalue weighted by molar-refractivity contribution is 6.33. The minimum atomic E-state index is -0.435. The average Bonchev–Trinajstić information content (AvgIpc) is 2.58. The van der Waals surface area contributed by atoms with Gasteiger partial charge in [0.25, 0.3) is 11.5 Å². The first-order valence-corrected chi connectivity index (χ1v) is 8.53. The van der Waals surface area contributed by atoms with Crippen molar-refractivity contribution in [2.75, 3.05) is 6.54 Å². The number of hydrogen-bond donors (Lipinski definition) is 2. The highest BCUT2D eigenvalue weighted by Crippen LogP contribution is 2.29. The third kappa shape index (κ3) is 4.33. The number of unbranched alkanes of at least 4 members (excludes halogenated alkanes) is 2. The largest absolute Gasteiger partial charge is 0.351 e. The average molecular weight is 361 g/mol. The molecule has 0 aromatic carbocycles. The zero-order valence-corrected chi connectivity index (χ0v) is 15.1. The van der Waals surface area contributed by atoms with Crippen molar-refractivity contribution in [3.05, 3.63) is 51.2 Å². The number of aryl methyl sites for hydroxylation is 1. The number of nitrogens with one attached hydrogen (secondary N) is 2. The van der Waals surface area contributed by atoms with E-state index < -0.39 is 5.56 Å². The molecule has 1 amide bonds. The lowest BCUT2D eigenvalue weighted by Gasteiger charge is -2.12. The molecule has 0 saturated heterocycles. The number of carbonyl (C=O) groups excluding carboxylic acids is 1. The van der Waals surface area contributed by atoms with Crippen LogP contribution in [-0.2, 0) is 0 Å². The van der Waals surface area contributed by atoms with Gasteiger partial charge in [-0.25, -0.2) is 10.1 Å². The van der Waals surface area contributed by atoms with E-state index in [9.17, 15) is 9.59 Å². The molecule has 6 nitrogen and oxygen atoms in total. The SMILES string of the molecule is C=Cc1c(-c2c(Cl)cn[nH]c2=O)cc(C(=O)NCCCCC)nc1C. The van der Waals surface area contributed by atoms with Crippen molar-refractivity contribution in [1.29, 1.82) is 0 Å². The molecule has 2 N–H and O–H groups in total. The number of amides is 1. The first-order valence-electron chi connectivity index (χ1n) is 8.15. The van der Waals surface area contributed by atoms with E-state index in [1.165, 1.54) is 6.20 Å². The van der Waals surface area contributed by atoms with Gasteiger partial charge in [-0.05, 0) is 19.4 Å². The lowest BCUT2D eigenvalue weighted by atomic mass is 9.99. The van der Waals surface area contributed by atoms with Crippen molar-refractivity contribution < 1.29 is 4.79 Å². The number of rotatable bonds is 7. The van der Waals surface area contributed by atoms with Crippen molar-refractivity contribution in [2.24, 2.45) is 0 Å². The molecule has 2 aromatic rings. The number of aromatic amines is 1. The Morgan fingerprint density at radius 3 is 2.84 bits per heavy atom. The van der Waals surface area contributed by atoms with E-state index in [2.05, 4.69) is 34.0 Å². The predicted octanol–water partition coefficient (Wildman–Crippen LogP) is 3.36. The van der Waals surface area contributed by atoms with Crippen LogP contribution in [0.25, 0.3) is 17.2 Å². The van der Waals surface area contributed by atoms with Gasteiger partial charge in [-0.15, -0.1) is 0 Å². The summed E-state index contributed by atoms with van der Waals surface area (Å²) in [5, 5.41) is 9.08. The Morgan fingerprint density at radius 2 is 2.20 bits per heavy atom. The first-order chi connectivity index (χ1) is 12.0. The first kappa shape index (κ1) is 18.9. The standard InChI is InChI=1S/C18H21ClN4O2/c1-4-6-7-8-20-17(24)15-9-13(12(5-2)11(3)22-15)16-14(19)10-21-23-18(16)25/h5,9-10H,2,4,6-8H2,1,3H3,(H,20,24)(H,23,25). The second-order valence-electron chi connectivity index (χ2n) is 5.64. The Kier molecular flexibility index (Phi) is 6.47. The molecule has 2 heterocycles. The molecular weight excluding hydrogens is 340 g/mol. The Bertz CT molecular complexity index is 845. The summed E-state index contributed by atoms with van der Waals surface area (Å²) in [6.07, 6.45) is 5.99. The fourth-order valence-electron chi connectivity index (χ4n) is 2.56. The molecule has 0 saturated carbocycles. The third-order valence-electron chi connectivity index (χ3n) is 3.83. The summed E-state index contributed by atoms with van der Waals surface area (Å²) in [6, 6.07) is 1.57. The number of aromatic nitrogens is 3. The fourth-order valence-corrected chi connectivity index (χ4v) is 2.79. The van der Waals surface area contributed by atoms with E-state index in [1.807, 2.05) is 0 Å². The van der Waals surface area contributed by atoms with Gasteiger partial charge in [-0.2, -0.15) is 5.10 Å². The maximum absolute atomic E-state index is 12.4. The summed E-state index contributed by atoms with van der Waals surface area (Å²) < 4.78 is 0. The minimum Gasteiger partial charge on any atom is -0.351 e. The van der Waals surface area contributed by atoms with Crippen molar-refractivity contribution in [3.8, 4) is 11.1 Å². The monoisotopic (exact) mass is 360 g/mol. The molecule has 0 spiro atoms. The van der Waals surface area contributed by atoms with Crippen LogP contribution in [0.1, 0.15) is 47.9 Å². The zero-order chi connectivity index (χ0) is 18.4. The highest BCUT2D eigenvalue weighted by Gasteiger charge is 2.18. The van der Waals surface area contributed by atoms with E-state index >= 15 is 0 Å². The van der Waals surface area contributed by atoms with Gasteiger partial charge in [0.05, 0.1) is 16.8 Å². The molecule has 2 aromatic heterocycles. The molecular formula is C18H21ClN4O2. The van der Waals surface area contributed by atoms with Crippen molar-refractivity contribution in [1.82, 2.24) is 20.5 Å². The summed E-state index contributed by atoms with van der Waals surface area (Å²) in [6.45, 7) is 8.22. The lowest BCUT2D eigenvalue weighted by molar-refractivity contribution is 0.0948. The van der Waals surface area contributed by atoms with Gasteiger partial charge in [0.15, 0.2) is 0 Å². The Morgan fingerprint density at radius 1 is 1.44 bits per heavy atom. The van der Waals surface area contributed by atoms with Gasteiger partial charge >= 0.3 is 0 Å². The normalized spacial score (nSPS) is 10.5. The van der Waals surface area contributed by atoms with E-state index in [0.717, 1.165) is 19.3 Å². The molecule has 0 aliphatic heterocycles. The Balaban J connectivity index is 2.46. The summed E-state index contributed by atoms with van der Waals surface area (Å²) in [7, 11) is 0. The molecule has 132 valence electrons. The number of H-pyrrole nitrogens is 1. The zero-order valence-electron chi connectivity index (χ0n) is 14.4. The van der Waals surface area contributed by atoms with Crippen LogP contribution in [0, 0.1) is 6.92 Å². The number of hydrogen-bond acceptors (Lipinski definition) is 4. The van der Waals surface area contributed by atoms with Crippen LogP contribution in [0.5, 0.6) is 0 Å². The van der Waals surface area contributed by atoms with Gasteiger partial charge < -0.3 is 5.32 Å². The molecule has 0 radical (unpaired) electrons. The van der Waals surface area contributed by atoms with Gasteiger partial charge in [-0.3, -0.25) is 9.59 Å². The molecule has 0 aliphatic carbocycles. The van der Waals surface area contributed by atoms with Gasteiger partial charge in [0.1, 0.15) is 5.69 Å². The van der Waals surface area contributed by atoms with Crippen molar-refractivity contribution in [3.63, 3.8) is 0 Å². The molecule has 0 fully saturated rings. The van der Waals surface area contributed by atoms with E-state index in [-0.39, 0.29) is 22.2 Å². The molecule has 0 atom stereocenters. The second-order valence-corrected chi connectivity index (χ2v) is 6.05. The minimum absolute atomic E-state index is 0.201. The number of carbonyl (C=O) groups is 1. The van der Waals surface area contributed by atoms with Crippen LogP contribution in [-0.4, -0.2) is 27.6 Å². The molecule has 0 unspecified atom stereocenters. The summed E-state index contributed by atoms with van der Waals surface area (Å²) in [5.74, 6) is -0.280. The number of nitrogens with zero attached hydrogens (tertiary/aromatic N) is 2. The van der Waals surface area contributed by atoms with Crippen molar-refractivity contribution in [2.45, 2.75) is 33.1 Å². The van der Waals surface area contributed by atoms with Crippen LogP contribution >= 0.6 is 11.6 Å².